The van der Waals surface area contributed by atoms with Gasteiger partial charge in [0.05, 0.1) is 0 Å². The maximum Gasteiger partial charge on any atom is 0.221 e. The molecule has 122 valence electrons. The molecule has 0 bridgehead atoms. The van der Waals surface area contributed by atoms with Gasteiger partial charge in [0.25, 0.3) is 0 Å². The number of aromatic nitrogens is 3. The number of halogens is 2. The van der Waals surface area contributed by atoms with Crippen LogP contribution in [0.25, 0.3) is 0 Å². The third-order valence-corrected chi connectivity index (χ3v) is 3.36. The van der Waals surface area contributed by atoms with Crippen molar-refractivity contribution in [2.45, 2.75) is 58.0 Å². The van der Waals surface area contributed by atoms with Crippen molar-refractivity contribution in [2.75, 3.05) is 6.54 Å². The molecule has 1 aliphatic heterocycles. The standard InChI is InChI=1S/C13H23N5O.2ClH/c1-10(14)9-13(19)15-7-6-12-17-16-11-5-3-2-4-8-18(11)12;;/h10H,2-9,14H2,1H3,(H,15,19);2*1H. The molecule has 0 radical (unpaired) electrons. The van der Waals surface area contributed by atoms with Crippen LogP contribution in [0.4, 0.5) is 0 Å². The molecule has 1 unspecified atom stereocenters. The summed E-state index contributed by atoms with van der Waals surface area (Å²) in [4.78, 5) is 11.5. The molecule has 1 aliphatic rings. The maximum absolute atomic E-state index is 11.5. The zero-order chi connectivity index (χ0) is 13.7. The lowest BCUT2D eigenvalue weighted by Gasteiger charge is -2.08. The zero-order valence-electron chi connectivity index (χ0n) is 12.4. The van der Waals surface area contributed by atoms with E-state index in [0.717, 1.165) is 31.0 Å². The van der Waals surface area contributed by atoms with Gasteiger partial charge in [-0.25, -0.2) is 0 Å². The SMILES string of the molecule is CC(N)CC(=O)NCCc1nnc2n1CCCCC2.Cl.Cl. The molecule has 1 amide bonds. The number of nitrogens with one attached hydrogen (secondary N) is 1. The second-order valence-corrected chi connectivity index (χ2v) is 5.28. The van der Waals surface area contributed by atoms with Crippen LogP contribution < -0.4 is 11.1 Å². The van der Waals surface area contributed by atoms with Gasteiger partial charge in [-0.2, -0.15) is 0 Å². The number of aryl methyl sites for hydroxylation is 1. The van der Waals surface area contributed by atoms with Crippen molar-refractivity contribution in [2.24, 2.45) is 5.73 Å². The Morgan fingerprint density at radius 3 is 2.81 bits per heavy atom. The van der Waals surface area contributed by atoms with Crippen molar-refractivity contribution >= 4 is 30.7 Å². The highest BCUT2D eigenvalue weighted by Gasteiger charge is 2.14. The van der Waals surface area contributed by atoms with Gasteiger partial charge in [-0.15, -0.1) is 35.0 Å². The lowest BCUT2D eigenvalue weighted by Crippen LogP contribution is -2.31. The first-order chi connectivity index (χ1) is 9.16. The summed E-state index contributed by atoms with van der Waals surface area (Å²) in [6, 6.07) is -0.0932. The molecule has 0 aliphatic carbocycles. The van der Waals surface area contributed by atoms with E-state index in [2.05, 4.69) is 20.1 Å². The van der Waals surface area contributed by atoms with Crippen molar-refractivity contribution in [3.8, 4) is 0 Å². The van der Waals surface area contributed by atoms with Crippen LogP contribution in [-0.2, 0) is 24.2 Å². The molecule has 21 heavy (non-hydrogen) atoms. The van der Waals surface area contributed by atoms with Gasteiger partial charge < -0.3 is 15.6 Å². The van der Waals surface area contributed by atoms with Gasteiger partial charge in [-0.05, 0) is 19.8 Å². The number of carbonyl (C=O) groups is 1. The predicted molar refractivity (Wildman–Crippen MR) is 87.1 cm³/mol. The first-order valence-electron chi connectivity index (χ1n) is 7.10. The van der Waals surface area contributed by atoms with E-state index in [9.17, 15) is 4.79 Å². The van der Waals surface area contributed by atoms with Gasteiger partial charge in [-0.3, -0.25) is 4.79 Å². The molecular weight excluding hydrogens is 313 g/mol. The summed E-state index contributed by atoms with van der Waals surface area (Å²) in [5, 5.41) is 11.4. The average molecular weight is 338 g/mol. The van der Waals surface area contributed by atoms with E-state index in [1.54, 1.807) is 0 Å². The number of nitrogens with zero attached hydrogens (tertiary/aromatic N) is 3. The number of rotatable bonds is 5. The van der Waals surface area contributed by atoms with Crippen molar-refractivity contribution in [1.82, 2.24) is 20.1 Å². The lowest BCUT2D eigenvalue weighted by molar-refractivity contribution is -0.121. The Bertz CT molecular complexity index is 436. The van der Waals surface area contributed by atoms with Crippen molar-refractivity contribution < 1.29 is 4.79 Å². The number of carbonyl (C=O) groups excluding carboxylic acids is 1. The van der Waals surface area contributed by atoms with Gasteiger partial charge in [-0.1, -0.05) is 6.42 Å². The van der Waals surface area contributed by atoms with E-state index < -0.39 is 0 Å². The molecule has 0 spiro atoms. The summed E-state index contributed by atoms with van der Waals surface area (Å²) in [6.07, 6.45) is 5.77. The summed E-state index contributed by atoms with van der Waals surface area (Å²) >= 11 is 0. The van der Waals surface area contributed by atoms with Crippen LogP contribution in [-0.4, -0.2) is 33.3 Å². The third kappa shape index (κ3) is 6.20. The van der Waals surface area contributed by atoms with Crippen LogP contribution in [0, 0.1) is 0 Å². The molecule has 0 aromatic carbocycles. The van der Waals surface area contributed by atoms with Crippen LogP contribution in [0.3, 0.4) is 0 Å². The van der Waals surface area contributed by atoms with Crippen LogP contribution in [0.5, 0.6) is 0 Å². The van der Waals surface area contributed by atoms with E-state index in [-0.39, 0.29) is 36.8 Å². The number of fused-ring (bicyclic) bond motifs is 1. The first-order valence-corrected chi connectivity index (χ1v) is 7.10. The topological polar surface area (TPSA) is 85.8 Å². The fourth-order valence-electron chi connectivity index (χ4n) is 2.41. The predicted octanol–water partition coefficient (Wildman–Crippen LogP) is 1.24. The number of hydrogen-bond acceptors (Lipinski definition) is 4. The molecule has 0 fully saturated rings. The van der Waals surface area contributed by atoms with Crippen LogP contribution >= 0.6 is 24.8 Å². The fourth-order valence-corrected chi connectivity index (χ4v) is 2.41. The average Bonchev–Trinajstić information content (AvgIpc) is 2.58. The Hall–Kier alpha value is -0.850. The van der Waals surface area contributed by atoms with Gasteiger partial charge in [0.15, 0.2) is 0 Å². The normalized spacial score (nSPS) is 15.0. The van der Waals surface area contributed by atoms with Crippen LogP contribution in [0.1, 0.15) is 44.3 Å². The van der Waals surface area contributed by atoms with Crippen molar-refractivity contribution in [3.05, 3.63) is 11.6 Å². The highest BCUT2D eigenvalue weighted by Crippen LogP contribution is 2.14. The summed E-state index contributed by atoms with van der Waals surface area (Å²) in [5.74, 6) is 2.08. The van der Waals surface area contributed by atoms with Crippen LogP contribution in [0.2, 0.25) is 0 Å². The Morgan fingerprint density at radius 2 is 2.10 bits per heavy atom. The molecular formula is C13H25Cl2N5O. The van der Waals surface area contributed by atoms with E-state index in [0.29, 0.717) is 13.0 Å². The van der Waals surface area contributed by atoms with Gasteiger partial charge in [0, 0.05) is 38.4 Å². The Morgan fingerprint density at radius 1 is 1.33 bits per heavy atom. The first kappa shape index (κ1) is 20.1. The summed E-state index contributed by atoms with van der Waals surface area (Å²) in [7, 11) is 0. The molecule has 8 heteroatoms. The summed E-state index contributed by atoms with van der Waals surface area (Å²) in [5.41, 5.74) is 5.58. The Labute approximate surface area is 138 Å². The fraction of sp³-hybridized carbons (Fsp3) is 0.769. The third-order valence-electron chi connectivity index (χ3n) is 3.36. The molecule has 2 rings (SSSR count). The second kappa shape index (κ2) is 9.97. The molecule has 3 N–H and O–H groups in total. The summed E-state index contributed by atoms with van der Waals surface area (Å²) in [6.45, 7) is 3.44. The molecule has 0 saturated carbocycles. The monoisotopic (exact) mass is 337 g/mol. The molecule has 2 heterocycles. The van der Waals surface area contributed by atoms with Crippen LogP contribution in [0.15, 0.2) is 0 Å². The molecule has 1 aromatic rings. The minimum atomic E-state index is -0.0932. The van der Waals surface area contributed by atoms with E-state index in [4.69, 9.17) is 5.73 Å². The van der Waals surface area contributed by atoms with E-state index in [1.165, 1.54) is 19.3 Å². The maximum atomic E-state index is 11.5. The Balaban J connectivity index is 0.00000200. The second-order valence-electron chi connectivity index (χ2n) is 5.28. The highest BCUT2D eigenvalue weighted by molar-refractivity contribution is 5.85. The molecule has 0 saturated heterocycles. The minimum absolute atomic E-state index is 0. The highest BCUT2D eigenvalue weighted by atomic mass is 35.5. The minimum Gasteiger partial charge on any atom is -0.356 e. The lowest BCUT2D eigenvalue weighted by atomic mass is 10.2. The van der Waals surface area contributed by atoms with E-state index >= 15 is 0 Å². The zero-order valence-corrected chi connectivity index (χ0v) is 14.0. The van der Waals surface area contributed by atoms with Gasteiger partial charge >= 0.3 is 0 Å². The van der Waals surface area contributed by atoms with Crippen molar-refractivity contribution in [3.63, 3.8) is 0 Å². The molecule has 1 atom stereocenters. The quantitative estimate of drug-likeness (QED) is 0.846. The van der Waals surface area contributed by atoms with E-state index in [1.807, 2.05) is 6.92 Å². The summed E-state index contributed by atoms with van der Waals surface area (Å²) < 4.78 is 2.21. The Kier molecular flexibility index (Phi) is 9.57. The number of nitrogens with two attached hydrogens (primary N) is 1. The van der Waals surface area contributed by atoms with Gasteiger partial charge in [0.2, 0.25) is 5.91 Å². The number of amides is 1. The largest absolute Gasteiger partial charge is 0.356 e. The number of hydrogen-bond donors (Lipinski definition) is 2. The smallest absolute Gasteiger partial charge is 0.221 e. The van der Waals surface area contributed by atoms with Gasteiger partial charge in [0.1, 0.15) is 11.6 Å². The molecule has 1 aromatic heterocycles. The molecule has 6 nitrogen and oxygen atoms in total. The van der Waals surface area contributed by atoms with Crippen molar-refractivity contribution in [1.29, 1.82) is 0 Å².